The number of aromatic nitrogens is 1. The van der Waals surface area contributed by atoms with E-state index in [2.05, 4.69) is 16.4 Å². The number of nitrogens with zero attached hydrogens (tertiary/aromatic N) is 2. The zero-order chi connectivity index (χ0) is 23.4. The van der Waals surface area contributed by atoms with Crippen molar-refractivity contribution in [2.75, 3.05) is 18.6 Å². The highest BCUT2D eigenvalue weighted by Crippen LogP contribution is 2.28. The number of methoxy groups -OCH3 is 1. The van der Waals surface area contributed by atoms with E-state index >= 15 is 0 Å². The number of aliphatic hydroxyl groups is 2. The van der Waals surface area contributed by atoms with Gasteiger partial charge in [0.2, 0.25) is 0 Å². The van der Waals surface area contributed by atoms with Crippen LogP contribution in [-0.2, 0) is 33.7 Å². The van der Waals surface area contributed by atoms with Crippen LogP contribution in [0.4, 0.5) is 5.69 Å². The lowest BCUT2D eigenvalue weighted by Crippen LogP contribution is -2.50. The summed E-state index contributed by atoms with van der Waals surface area (Å²) in [5.74, 6) is -0.642. The molecule has 2 aromatic rings. The molecule has 1 aliphatic heterocycles. The molecule has 8 nitrogen and oxygen atoms in total. The lowest BCUT2D eigenvalue weighted by atomic mass is 9.99. The van der Waals surface area contributed by atoms with Gasteiger partial charge in [0.1, 0.15) is 10.8 Å². The molecule has 33 heavy (non-hydrogen) atoms. The van der Waals surface area contributed by atoms with Crippen molar-refractivity contribution >= 4 is 28.8 Å². The van der Waals surface area contributed by atoms with Gasteiger partial charge in [-0.1, -0.05) is 24.3 Å². The van der Waals surface area contributed by atoms with Gasteiger partial charge in [0, 0.05) is 24.0 Å². The Morgan fingerprint density at radius 1 is 1.24 bits per heavy atom. The molecule has 1 aromatic heterocycles. The topological polar surface area (TPSA) is 112 Å². The van der Waals surface area contributed by atoms with Gasteiger partial charge in [0.05, 0.1) is 19.3 Å². The Morgan fingerprint density at radius 3 is 2.88 bits per heavy atom. The van der Waals surface area contributed by atoms with Crippen LogP contribution in [0.25, 0.3) is 0 Å². The van der Waals surface area contributed by atoms with Crippen molar-refractivity contribution in [2.45, 2.75) is 44.4 Å². The number of anilines is 1. The van der Waals surface area contributed by atoms with Crippen molar-refractivity contribution in [3.63, 3.8) is 0 Å². The predicted molar refractivity (Wildman–Crippen MR) is 125 cm³/mol. The molecule has 1 aromatic carbocycles. The molecule has 3 N–H and O–H groups in total. The Bertz CT molecular complexity index is 1090. The number of hydrogen-bond donors (Lipinski definition) is 3. The highest BCUT2D eigenvalue weighted by Gasteiger charge is 2.36. The molecular weight excluding hydrogens is 442 g/mol. The maximum atomic E-state index is 12.7. The molecule has 2 atom stereocenters. The largest absolute Gasteiger partial charge is 0.497 e. The fourth-order valence-corrected chi connectivity index (χ4v) is 4.81. The third-order valence-electron chi connectivity index (χ3n) is 5.83. The van der Waals surface area contributed by atoms with Crippen molar-refractivity contribution < 1.29 is 24.5 Å². The van der Waals surface area contributed by atoms with Gasteiger partial charge in [-0.2, -0.15) is 0 Å². The van der Waals surface area contributed by atoms with Crippen LogP contribution < -0.4 is 10.2 Å². The van der Waals surface area contributed by atoms with E-state index in [1.165, 1.54) is 21.8 Å². The van der Waals surface area contributed by atoms with Gasteiger partial charge in [-0.25, -0.2) is 4.98 Å². The number of benzene rings is 1. The number of carbonyl (C=O) groups is 2. The second-order valence-electron chi connectivity index (χ2n) is 8.00. The number of rotatable bonds is 8. The minimum Gasteiger partial charge on any atom is -0.497 e. The van der Waals surface area contributed by atoms with Crippen molar-refractivity contribution in [2.24, 2.45) is 0 Å². The number of aliphatic hydroxyl groups excluding tert-OH is 2. The molecule has 0 spiro atoms. The highest BCUT2D eigenvalue weighted by molar-refractivity contribution is 7.09. The minimum atomic E-state index is -1.87. The van der Waals surface area contributed by atoms with Gasteiger partial charge in [-0.05, 0) is 42.5 Å². The molecular formula is C24H27N3O5S. The Labute approximate surface area is 196 Å². The summed E-state index contributed by atoms with van der Waals surface area (Å²) < 4.78 is 5.42. The number of carbonyl (C=O) groups excluding carboxylic acids is 2. The number of hydrogen-bond acceptors (Lipinski definition) is 7. The summed E-state index contributed by atoms with van der Waals surface area (Å²) in [6.07, 6.45) is 3.57. The van der Waals surface area contributed by atoms with E-state index in [0.717, 1.165) is 29.9 Å². The summed E-state index contributed by atoms with van der Waals surface area (Å²) in [5, 5.41) is 25.8. The summed E-state index contributed by atoms with van der Waals surface area (Å²) in [7, 11) is 1.65. The number of nitrogens with one attached hydrogen (secondary N) is 1. The Morgan fingerprint density at radius 2 is 2.06 bits per heavy atom. The monoisotopic (exact) mass is 469 g/mol. The van der Waals surface area contributed by atoms with Gasteiger partial charge in [0.15, 0.2) is 12.2 Å². The number of fused-ring (bicyclic) bond motifs is 1. The Kier molecular flexibility index (Phi) is 7.22. The molecule has 0 fully saturated rings. The van der Waals surface area contributed by atoms with E-state index in [1.807, 2.05) is 23.6 Å². The van der Waals surface area contributed by atoms with Crippen molar-refractivity contribution in [1.82, 2.24) is 10.3 Å². The van der Waals surface area contributed by atoms with Gasteiger partial charge in [0.25, 0.3) is 11.8 Å². The molecule has 2 aliphatic rings. The molecule has 174 valence electrons. The first-order valence-corrected chi connectivity index (χ1v) is 11.7. The number of allylic oxidation sites excluding steroid dienone is 3. The smallest absolute Gasteiger partial charge is 0.259 e. The SMILES string of the molecule is COC1=C(Cc2csc(CNC(=O)[C@H](O)[C@@H](O)C(=O)N3CCc4ccccc43)n2)CCC=C1. The molecule has 0 saturated heterocycles. The summed E-state index contributed by atoms with van der Waals surface area (Å²) in [4.78, 5) is 31.0. The van der Waals surface area contributed by atoms with Gasteiger partial charge >= 0.3 is 0 Å². The van der Waals surface area contributed by atoms with Crippen LogP contribution in [-0.4, -0.2) is 52.9 Å². The van der Waals surface area contributed by atoms with Crippen LogP contribution >= 0.6 is 11.3 Å². The van der Waals surface area contributed by atoms with E-state index < -0.39 is 24.0 Å². The molecule has 2 amide bonds. The summed E-state index contributed by atoms with van der Waals surface area (Å²) >= 11 is 1.40. The fourth-order valence-electron chi connectivity index (χ4n) is 4.08. The average Bonchev–Trinajstić information content (AvgIpc) is 3.48. The molecule has 4 rings (SSSR count). The molecule has 2 heterocycles. The number of amides is 2. The van der Waals surface area contributed by atoms with E-state index in [0.29, 0.717) is 30.1 Å². The molecule has 0 radical (unpaired) electrons. The maximum absolute atomic E-state index is 12.7. The Hall–Kier alpha value is -3.01. The second-order valence-corrected chi connectivity index (χ2v) is 8.94. The lowest BCUT2D eigenvalue weighted by molar-refractivity contribution is -0.144. The first-order valence-electron chi connectivity index (χ1n) is 10.9. The third kappa shape index (κ3) is 5.16. The first kappa shape index (κ1) is 23.2. The predicted octanol–water partition coefficient (Wildman–Crippen LogP) is 1.86. The summed E-state index contributed by atoms with van der Waals surface area (Å²) in [6.45, 7) is 0.507. The molecule has 9 heteroatoms. The molecule has 0 saturated carbocycles. The van der Waals surface area contributed by atoms with Crippen molar-refractivity contribution in [1.29, 1.82) is 0 Å². The molecule has 1 aliphatic carbocycles. The average molecular weight is 470 g/mol. The van der Waals surface area contributed by atoms with E-state index in [1.54, 1.807) is 19.2 Å². The standard InChI is InChI=1S/C24H27N3O5S/c1-32-19-9-5-3-7-16(19)12-17-14-33-20(26-17)13-25-23(30)21(28)22(29)24(31)27-11-10-15-6-2-4-8-18(15)27/h2,4-6,8-9,14,21-22,28-29H,3,7,10-13H2,1H3,(H,25,30)/t21-,22-/m1/s1. The lowest BCUT2D eigenvalue weighted by Gasteiger charge is -2.23. The van der Waals surface area contributed by atoms with E-state index in [4.69, 9.17) is 4.74 Å². The number of para-hydroxylation sites is 1. The summed E-state index contributed by atoms with van der Waals surface area (Å²) in [6, 6.07) is 7.39. The zero-order valence-corrected chi connectivity index (χ0v) is 19.2. The number of thiazole rings is 1. The third-order valence-corrected chi connectivity index (χ3v) is 6.73. The first-order chi connectivity index (χ1) is 16.0. The Balaban J connectivity index is 1.31. The van der Waals surface area contributed by atoms with Crippen LogP contribution in [0.2, 0.25) is 0 Å². The quantitative estimate of drug-likeness (QED) is 0.544. The van der Waals surface area contributed by atoms with Gasteiger partial charge < -0.3 is 25.2 Å². The minimum absolute atomic E-state index is 0.101. The maximum Gasteiger partial charge on any atom is 0.259 e. The normalized spacial score (nSPS) is 17.0. The second kappa shape index (κ2) is 10.3. The highest BCUT2D eigenvalue weighted by atomic mass is 32.1. The number of ether oxygens (including phenoxy) is 1. The van der Waals surface area contributed by atoms with Crippen LogP contribution in [0.3, 0.4) is 0 Å². The molecule has 0 bridgehead atoms. The van der Waals surface area contributed by atoms with E-state index in [9.17, 15) is 19.8 Å². The van der Waals surface area contributed by atoms with Crippen LogP contribution in [0.15, 0.2) is 53.1 Å². The molecule has 0 unspecified atom stereocenters. The van der Waals surface area contributed by atoms with Crippen LogP contribution in [0.1, 0.15) is 29.1 Å². The summed E-state index contributed by atoms with van der Waals surface area (Å²) in [5.41, 5.74) is 3.76. The van der Waals surface area contributed by atoms with Gasteiger partial charge in [-0.3, -0.25) is 9.59 Å². The van der Waals surface area contributed by atoms with Crippen LogP contribution in [0, 0.1) is 0 Å². The van der Waals surface area contributed by atoms with Crippen LogP contribution in [0.5, 0.6) is 0 Å². The fraction of sp³-hybridized carbons (Fsp3) is 0.375. The van der Waals surface area contributed by atoms with Gasteiger partial charge in [-0.15, -0.1) is 11.3 Å². The van der Waals surface area contributed by atoms with Crippen molar-refractivity contribution in [3.05, 3.63) is 69.4 Å². The zero-order valence-electron chi connectivity index (χ0n) is 18.4. The van der Waals surface area contributed by atoms with Crippen molar-refractivity contribution in [3.8, 4) is 0 Å². The van der Waals surface area contributed by atoms with E-state index in [-0.39, 0.29) is 6.54 Å².